The monoisotopic (exact) mass is 278 g/mol. The first-order valence-electron chi connectivity index (χ1n) is 6.51. The van der Waals surface area contributed by atoms with Gasteiger partial charge in [0.15, 0.2) is 0 Å². The third-order valence-corrected chi connectivity index (χ3v) is 2.61. The highest BCUT2D eigenvalue weighted by atomic mass is 16.6. The third-order valence-electron chi connectivity index (χ3n) is 2.61. The van der Waals surface area contributed by atoms with E-state index in [1.165, 1.54) is 0 Å². The van der Waals surface area contributed by atoms with Crippen LogP contribution in [0.2, 0.25) is 0 Å². The van der Waals surface area contributed by atoms with Gasteiger partial charge in [-0.15, -0.1) is 0 Å². The van der Waals surface area contributed by atoms with E-state index < -0.39 is 17.9 Å². The number of esters is 2. The largest absolute Gasteiger partial charge is 0.465 e. The van der Waals surface area contributed by atoms with Gasteiger partial charge in [0.25, 0.3) is 0 Å². The minimum absolute atomic E-state index is 0.0201. The lowest BCUT2D eigenvalue weighted by Gasteiger charge is -2.10. The zero-order valence-corrected chi connectivity index (χ0v) is 11.4. The average molecular weight is 278 g/mol. The highest BCUT2D eigenvalue weighted by Crippen LogP contribution is 2.06. The number of hydrogen-bond acceptors (Lipinski definition) is 5. The first kappa shape index (κ1) is 15.9. The highest BCUT2D eigenvalue weighted by molar-refractivity contribution is 6.07. The molecule has 0 aliphatic carbocycles. The molecule has 0 aliphatic heterocycles. The van der Waals surface area contributed by atoms with E-state index in [2.05, 4.69) is 0 Å². The molecule has 0 heterocycles. The van der Waals surface area contributed by atoms with Crippen LogP contribution >= 0.6 is 0 Å². The normalized spacial score (nSPS) is 11.4. The summed E-state index contributed by atoms with van der Waals surface area (Å²) in [6.07, 6.45) is 1.80. The molecule has 1 rings (SSSR count). The molecule has 0 fully saturated rings. The summed E-state index contributed by atoms with van der Waals surface area (Å²) in [6, 6.07) is 9.01. The molecular weight excluding hydrogens is 260 g/mol. The average Bonchev–Trinajstić information content (AvgIpc) is 2.47. The molecule has 5 heteroatoms. The Hall–Kier alpha value is -2.17. The maximum Gasteiger partial charge on any atom is 0.328 e. The predicted molar refractivity (Wildman–Crippen MR) is 71.7 cm³/mol. The molecule has 0 saturated carbocycles. The second-order valence-electron chi connectivity index (χ2n) is 4.23. The number of ether oxygens (including phenoxy) is 2. The predicted octanol–water partition coefficient (Wildman–Crippen LogP) is 1.89. The molecule has 0 N–H and O–H groups in total. The molecule has 108 valence electrons. The Morgan fingerprint density at radius 2 is 1.80 bits per heavy atom. The summed E-state index contributed by atoms with van der Waals surface area (Å²) in [5.74, 6) is -3.24. The number of hydrogen-bond donors (Lipinski definition) is 0. The van der Waals surface area contributed by atoms with Gasteiger partial charge in [-0.1, -0.05) is 43.7 Å². The standard InChI is InChI=1S/C15H18O5/c1-2-3-9-19-14(17)13(10-16)15(18)20-11-12-7-5-4-6-8-12/h4-8,10,13H,2-3,9,11H2,1H3. The summed E-state index contributed by atoms with van der Waals surface area (Å²) in [7, 11) is 0. The summed E-state index contributed by atoms with van der Waals surface area (Å²) in [5.41, 5.74) is 0.782. The van der Waals surface area contributed by atoms with Crippen LogP contribution in [0.25, 0.3) is 0 Å². The van der Waals surface area contributed by atoms with Crippen LogP contribution in [0.15, 0.2) is 30.3 Å². The smallest absolute Gasteiger partial charge is 0.328 e. The van der Waals surface area contributed by atoms with Crippen molar-refractivity contribution in [3.63, 3.8) is 0 Å². The van der Waals surface area contributed by atoms with Crippen molar-refractivity contribution in [2.45, 2.75) is 26.4 Å². The van der Waals surface area contributed by atoms with E-state index in [9.17, 15) is 14.4 Å². The number of unbranched alkanes of at least 4 members (excludes halogenated alkanes) is 1. The van der Waals surface area contributed by atoms with Gasteiger partial charge in [-0.05, 0) is 12.0 Å². The Kier molecular flexibility index (Phi) is 7.03. The number of benzene rings is 1. The van der Waals surface area contributed by atoms with Crippen molar-refractivity contribution in [3.8, 4) is 0 Å². The molecule has 1 aromatic rings. The highest BCUT2D eigenvalue weighted by Gasteiger charge is 2.29. The van der Waals surface area contributed by atoms with Crippen LogP contribution in [-0.2, 0) is 30.5 Å². The van der Waals surface area contributed by atoms with E-state index >= 15 is 0 Å². The zero-order chi connectivity index (χ0) is 14.8. The summed E-state index contributed by atoms with van der Waals surface area (Å²) >= 11 is 0. The fourth-order valence-corrected chi connectivity index (χ4v) is 1.43. The van der Waals surface area contributed by atoms with Crippen LogP contribution in [0, 0.1) is 5.92 Å². The zero-order valence-electron chi connectivity index (χ0n) is 11.4. The molecule has 0 aromatic heterocycles. The molecule has 1 atom stereocenters. The molecule has 20 heavy (non-hydrogen) atoms. The Balaban J connectivity index is 2.46. The van der Waals surface area contributed by atoms with Gasteiger partial charge >= 0.3 is 11.9 Å². The lowest BCUT2D eigenvalue weighted by molar-refractivity contribution is -0.163. The first-order chi connectivity index (χ1) is 9.69. The molecule has 0 spiro atoms. The van der Waals surface area contributed by atoms with Crippen molar-refractivity contribution in [3.05, 3.63) is 35.9 Å². The van der Waals surface area contributed by atoms with E-state index in [1.54, 1.807) is 24.3 Å². The third kappa shape index (κ3) is 5.22. The summed E-state index contributed by atoms with van der Waals surface area (Å²) in [4.78, 5) is 34.0. The molecule has 0 radical (unpaired) electrons. The van der Waals surface area contributed by atoms with Gasteiger partial charge in [0.2, 0.25) is 5.92 Å². The van der Waals surface area contributed by atoms with Crippen LogP contribution in [0.5, 0.6) is 0 Å². The first-order valence-corrected chi connectivity index (χ1v) is 6.51. The fourth-order valence-electron chi connectivity index (χ4n) is 1.43. The topological polar surface area (TPSA) is 69.7 Å². The number of aldehydes is 1. The summed E-state index contributed by atoms with van der Waals surface area (Å²) in [5, 5.41) is 0. The van der Waals surface area contributed by atoms with Crippen LogP contribution in [-0.4, -0.2) is 24.8 Å². The summed E-state index contributed by atoms with van der Waals surface area (Å²) in [6.45, 7) is 2.16. The van der Waals surface area contributed by atoms with Crippen LogP contribution in [0.3, 0.4) is 0 Å². The van der Waals surface area contributed by atoms with Crippen molar-refractivity contribution >= 4 is 18.2 Å². The van der Waals surface area contributed by atoms with Crippen molar-refractivity contribution in [1.29, 1.82) is 0 Å². The Bertz CT molecular complexity index is 441. The van der Waals surface area contributed by atoms with Crippen LogP contribution in [0.4, 0.5) is 0 Å². The van der Waals surface area contributed by atoms with E-state index in [0.29, 0.717) is 6.42 Å². The fraction of sp³-hybridized carbons (Fsp3) is 0.400. The van der Waals surface area contributed by atoms with E-state index in [4.69, 9.17) is 9.47 Å². The van der Waals surface area contributed by atoms with Crippen LogP contribution in [0.1, 0.15) is 25.3 Å². The van der Waals surface area contributed by atoms with Crippen molar-refractivity contribution in [1.82, 2.24) is 0 Å². The van der Waals surface area contributed by atoms with Gasteiger partial charge in [0.05, 0.1) is 6.61 Å². The Morgan fingerprint density at radius 3 is 2.40 bits per heavy atom. The van der Waals surface area contributed by atoms with Gasteiger partial charge in [-0.2, -0.15) is 0 Å². The number of carbonyl (C=O) groups excluding carboxylic acids is 3. The maximum absolute atomic E-state index is 11.7. The van der Waals surface area contributed by atoms with E-state index in [1.807, 2.05) is 13.0 Å². The second-order valence-corrected chi connectivity index (χ2v) is 4.23. The van der Waals surface area contributed by atoms with E-state index in [-0.39, 0.29) is 19.5 Å². The van der Waals surface area contributed by atoms with E-state index in [0.717, 1.165) is 12.0 Å². The Morgan fingerprint density at radius 1 is 1.15 bits per heavy atom. The number of rotatable bonds is 8. The molecule has 0 saturated heterocycles. The Labute approximate surface area is 117 Å². The van der Waals surface area contributed by atoms with Gasteiger partial charge < -0.3 is 14.3 Å². The molecule has 0 amide bonds. The van der Waals surface area contributed by atoms with Gasteiger partial charge in [-0.25, -0.2) is 0 Å². The number of carbonyl (C=O) groups is 3. The van der Waals surface area contributed by atoms with Gasteiger partial charge in [0, 0.05) is 0 Å². The lowest BCUT2D eigenvalue weighted by Crippen LogP contribution is -2.29. The van der Waals surface area contributed by atoms with Crippen molar-refractivity contribution < 1.29 is 23.9 Å². The lowest BCUT2D eigenvalue weighted by atomic mass is 10.2. The van der Waals surface area contributed by atoms with Crippen molar-refractivity contribution in [2.75, 3.05) is 6.61 Å². The maximum atomic E-state index is 11.7. The molecule has 5 nitrogen and oxygen atoms in total. The SMILES string of the molecule is CCCCOC(=O)C(C=O)C(=O)OCc1ccccc1. The van der Waals surface area contributed by atoms with Crippen molar-refractivity contribution in [2.24, 2.45) is 5.92 Å². The molecule has 1 aromatic carbocycles. The molecular formula is C15H18O5. The second kappa shape index (κ2) is 8.85. The minimum atomic E-state index is -1.50. The van der Waals surface area contributed by atoms with Crippen LogP contribution < -0.4 is 0 Å². The summed E-state index contributed by atoms with van der Waals surface area (Å²) < 4.78 is 9.78. The molecule has 0 bridgehead atoms. The quantitative estimate of drug-likeness (QED) is 0.314. The van der Waals surface area contributed by atoms with Gasteiger partial charge in [0.1, 0.15) is 12.9 Å². The minimum Gasteiger partial charge on any atom is -0.465 e. The van der Waals surface area contributed by atoms with Gasteiger partial charge in [-0.3, -0.25) is 9.59 Å². The molecule has 0 aliphatic rings. The molecule has 1 unspecified atom stereocenters.